The fraction of sp³-hybridized carbons (Fsp3) is 0. The Morgan fingerprint density at radius 3 is 2.86 bits per heavy atom. The van der Waals surface area contributed by atoms with E-state index in [0.29, 0.717) is 5.56 Å². The van der Waals surface area contributed by atoms with Crippen LogP contribution in [0, 0.1) is 23.2 Å². The second-order valence-electron chi connectivity index (χ2n) is 2.38. The normalized spacial score (nSPS) is 8.21. The van der Waals surface area contributed by atoms with Crippen molar-refractivity contribution in [3.63, 3.8) is 0 Å². The lowest BCUT2D eigenvalue weighted by atomic mass is 10.2. The van der Waals surface area contributed by atoms with Gasteiger partial charge in [0.05, 0.1) is 5.56 Å². The molecule has 0 atom stereocenters. The number of primary amides is 1. The minimum Gasteiger partial charge on any atom is -0.383 e. The highest BCUT2D eigenvalue weighted by atomic mass is 16.1. The lowest BCUT2D eigenvalue weighted by molar-refractivity contribution is -0.112. The van der Waals surface area contributed by atoms with E-state index < -0.39 is 5.91 Å². The molecular formula is C9H6N4O. The predicted molar refractivity (Wildman–Crippen MR) is 49.4 cm³/mol. The van der Waals surface area contributed by atoms with Crippen LogP contribution in [0.5, 0.6) is 0 Å². The maximum atomic E-state index is 10.3. The molecule has 5 heteroatoms. The van der Waals surface area contributed by atoms with Crippen LogP contribution in [-0.2, 0) is 4.79 Å². The molecule has 0 bridgehead atoms. The van der Waals surface area contributed by atoms with Crippen molar-refractivity contribution >= 4 is 11.7 Å². The van der Waals surface area contributed by atoms with Crippen LogP contribution in [-0.4, -0.2) is 10.9 Å². The smallest absolute Gasteiger partial charge is 0.293 e. The van der Waals surface area contributed by atoms with Crippen molar-refractivity contribution in [2.75, 3.05) is 5.73 Å². The number of carbonyl (C=O) groups excluding carboxylic acids is 1. The molecule has 4 N–H and O–H groups in total. The zero-order chi connectivity index (χ0) is 10.6. The van der Waals surface area contributed by atoms with Gasteiger partial charge in [-0.1, -0.05) is 5.92 Å². The highest BCUT2D eigenvalue weighted by molar-refractivity contribution is 5.92. The van der Waals surface area contributed by atoms with Crippen LogP contribution in [0.15, 0.2) is 12.3 Å². The van der Waals surface area contributed by atoms with Gasteiger partial charge >= 0.3 is 0 Å². The van der Waals surface area contributed by atoms with Gasteiger partial charge in [-0.25, -0.2) is 4.98 Å². The van der Waals surface area contributed by atoms with Crippen molar-refractivity contribution in [3.8, 4) is 17.9 Å². The van der Waals surface area contributed by atoms with Crippen LogP contribution in [0.25, 0.3) is 0 Å². The van der Waals surface area contributed by atoms with Crippen molar-refractivity contribution in [1.29, 1.82) is 5.26 Å². The van der Waals surface area contributed by atoms with Gasteiger partial charge in [-0.2, -0.15) is 5.26 Å². The first-order chi connectivity index (χ1) is 6.63. The van der Waals surface area contributed by atoms with Crippen LogP contribution >= 0.6 is 0 Å². The molecule has 1 aromatic heterocycles. The number of aromatic nitrogens is 1. The van der Waals surface area contributed by atoms with E-state index in [2.05, 4.69) is 16.8 Å². The second-order valence-corrected chi connectivity index (χ2v) is 2.38. The Balaban J connectivity index is 3.11. The van der Waals surface area contributed by atoms with Gasteiger partial charge in [0, 0.05) is 17.7 Å². The number of hydrogen-bond donors (Lipinski definition) is 2. The SMILES string of the molecule is N#Cc1cc(C#CC(N)=O)cnc1N. The van der Waals surface area contributed by atoms with Crippen LogP contribution < -0.4 is 11.5 Å². The number of anilines is 1. The number of nitriles is 1. The third-order valence-electron chi connectivity index (χ3n) is 1.37. The maximum absolute atomic E-state index is 10.3. The lowest BCUT2D eigenvalue weighted by Crippen LogP contribution is -2.06. The molecule has 14 heavy (non-hydrogen) atoms. The topological polar surface area (TPSA) is 106 Å². The Morgan fingerprint density at radius 1 is 1.57 bits per heavy atom. The number of rotatable bonds is 0. The van der Waals surface area contributed by atoms with Crippen LogP contribution in [0.1, 0.15) is 11.1 Å². The average molecular weight is 186 g/mol. The predicted octanol–water partition coefficient (Wildman–Crippen LogP) is -0.628. The van der Waals surface area contributed by atoms with E-state index in [0.717, 1.165) is 0 Å². The minimum absolute atomic E-state index is 0.136. The summed E-state index contributed by atoms with van der Waals surface area (Å²) in [5.41, 5.74) is 10.8. The first kappa shape index (κ1) is 9.56. The third kappa shape index (κ3) is 2.23. The fourth-order valence-electron chi connectivity index (χ4n) is 0.767. The summed E-state index contributed by atoms with van der Waals surface area (Å²) in [7, 11) is 0. The van der Waals surface area contributed by atoms with Crippen molar-refractivity contribution in [2.45, 2.75) is 0 Å². The molecule has 0 radical (unpaired) electrons. The summed E-state index contributed by atoms with van der Waals surface area (Å²) >= 11 is 0. The van der Waals surface area contributed by atoms with Crippen LogP contribution in [0.2, 0.25) is 0 Å². The molecule has 1 aromatic rings. The fourth-order valence-corrected chi connectivity index (χ4v) is 0.767. The van der Waals surface area contributed by atoms with E-state index in [-0.39, 0.29) is 11.4 Å². The molecule has 0 fully saturated rings. The molecule has 0 aliphatic rings. The first-order valence-corrected chi connectivity index (χ1v) is 3.60. The van der Waals surface area contributed by atoms with Crippen molar-refractivity contribution in [3.05, 3.63) is 23.4 Å². The summed E-state index contributed by atoms with van der Waals surface area (Å²) in [4.78, 5) is 14.1. The molecule has 1 rings (SSSR count). The van der Waals surface area contributed by atoms with E-state index in [9.17, 15) is 4.79 Å². The van der Waals surface area contributed by atoms with Gasteiger partial charge in [0.15, 0.2) is 0 Å². The van der Waals surface area contributed by atoms with E-state index >= 15 is 0 Å². The molecule has 68 valence electrons. The highest BCUT2D eigenvalue weighted by Crippen LogP contribution is 2.07. The Bertz CT molecular complexity index is 476. The molecule has 0 aliphatic carbocycles. The molecule has 1 amide bonds. The van der Waals surface area contributed by atoms with Gasteiger partial charge < -0.3 is 11.5 Å². The average Bonchev–Trinajstić information content (AvgIpc) is 2.16. The summed E-state index contributed by atoms with van der Waals surface area (Å²) in [6, 6.07) is 3.29. The van der Waals surface area contributed by atoms with Gasteiger partial charge in [-0.05, 0) is 6.07 Å². The van der Waals surface area contributed by atoms with Crippen molar-refractivity contribution < 1.29 is 4.79 Å². The second kappa shape index (κ2) is 3.92. The lowest BCUT2D eigenvalue weighted by Gasteiger charge is -1.95. The molecule has 5 nitrogen and oxygen atoms in total. The molecule has 0 saturated heterocycles. The van der Waals surface area contributed by atoms with Crippen LogP contribution in [0.3, 0.4) is 0 Å². The largest absolute Gasteiger partial charge is 0.383 e. The molecule has 0 spiro atoms. The number of pyridine rings is 1. The first-order valence-electron chi connectivity index (χ1n) is 3.60. The van der Waals surface area contributed by atoms with Crippen molar-refractivity contribution in [2.24, 2.45) is 5.73 Å². The zero-order valence-electron chi connectivity index (χ0n) is 7.11. The minimum atomic E-state index is -0.736. The van der Waals surface area contributed by atoms with Gasteiger partial charge in [-0.3, -0.25) is 4.79 Å². The number of nitrogens with zero attached hydrogens (tertiary/aromatic N) is 2. The van der Waals surface area contributed by atoms with Gasteiger partial charge in [0.1, 0.15) is 11.9 Å². The molecule has 0 saturated carbocycles. The summed E-state index contributed by atoms with van der Waals surface area (Å²) in [5.74, 6) is 3.98. The molecule has 1 heterocycles. The van der Waals surface area contributed by atoms with Crippen molar-refractivity contribution in [1.82, 2.24) is 4.98 Å². The number of nitrogens with two attached hydrogens (primary N) is 2. The zero-order valence-corrected chi connectivity index (χ0v) is 7.11. The highest BCUT2D eigenvalue weighted by Gasteiger charge is 1.99. The van der Waals surface area contributed by atoms with Crippen LogP contribution in [0.4, 0.5) is 5.82 Å². The number of carbonyl (C=O) groups is 1. The standard InChI is InChI=1S/C9H6N4O/c10-4-7-3-6(1-2-8(11)14)5-13-9(7)12/h3,5H,(H2,11,14)(H2,12,13). The number of amides is 1. The van der Waals surface area contributed by atoms with E-state index in [4.69, 9.17) is 16.7 Å². The molecular weight excluding hydrogens is 180 g/mol. The quantitative estimate of drug-likeness (QED) is 0.526. The monoisotopic (exact) mass is 186 g/mol. The summed E-state index contributed by atoms with van der Waals surface area (Å²) in [6.45, 7) is 0. The molecule has 0 aromatic carbocycles. The number of hydrogen-bond acceptors (Lipinski definition) is 4. The molecule has 0 aliphatic heterocycles. The third-order valence-corrected chi connectivity index (χ3v) is 1.37. The van der Waals surface area contributed by atoms with E-state index in [1.54, 1.807) is 0 Å². The van der Waals surface area contributed by atoms with E-state index in [1.807, 2.05) is 6.07 Å². The summed E-state index contributed by atoms with van der Waals surface area (Å²) < 4.78 is 0. The Hall–Kier alpha value is -2.53. The van der Waals surface area contributed by atoms with E-state index in [1.165, 1.54) is 12.3 Å². The summed E-state index contributed by atoms with van der Waals surface area (Å²) in [6.07, 6.45) is 1.37. The molecule has 0 unspecified atom stereocenters. The Morgan fingerprint density at radius 2 is 2.29 bits per heavy atom. The maximum Gasteiger partial charge on any atom is 0.293 e. The van der Waals surface area contributed by atoms with Gasteiger partial charge in [0.25, 0.3) is 5.91 Å². The van der Waals surface area contributed by atoms with Gasteiger partial charge in [0.2, 0.25) is 0 Å². The number of nitrogen functional groups attached to an aromatic ring is 1. The Kier molecular flexibility index (Phi) is 2.68. The van der Waals surface area contributed by atoms with Gasteiger partial charge in [-0.15, -0.1) is 0 Å². The summed E-state index contributed by atoms with van der Waals surface area (Å²) in [5, 5.41) is 8.61. The Labute approximate surface area is 80.3 Å².